The molecule has 3 aromatic carbocycles. The summed E-state index contributed by atoms with van der Waals surface area (Å²) in [7, 11) is 2.01. The van der Waals surface area contributed by atoms with Crippen molar-refractivity contribution in [2.75, 3.05) is 11.9 Å². The number of carbonyl (C=O) groups excluding carboxylic acids is 2. The number of thioether (sulfide) groups is 1. The summed E-state index contributed by atoms with van der Waals surface area (Å²) in [5.74, 6) is -0.258. The minimum atomic E-state index is -0.258. The minimum absolute atomic E-state index is 0.248. The van der Waals surface area contributed by atoms with Crippen molar-refractivity contribution in [1.82, 2.24) is 4.90 Å². The van der Waals surface area contributed by atoms with Crippen LogP contribution in [0, 0.1) is 0 Å². The Kier molecular flexibility index (Phi) is 6.06. The minimum Gasteiger partial charge on any atom is -0.345 e. The molecule has 0 aliphatic carbocycles. The Morgan fingerprint density at radius 1 is 0.900 bits per heavy atom. The Labute approximate surface area is 188 Å². The summed E-state index contributed by atoms with van der Waals surface area (Å²) in [5.41, 5.74) is 3.92. The molecule has 2 amide bonds. The van der Waals surface area contributed by atoms with Crippen molar-refractivity contribution in [2.45, 2.75) is 6.54 Å². The van der Waals surface area contributed by atoms with Crippen LogP contribution in [0.15, 0.2) is 88.2 Å². The van der Waals surface area contributed by atoms with Gasteiger partial charge in [-0.15, -0.1) is 0 Å². The first-order valence-electron chi connectivity index (χ1n) is 9.40. The quantitative estimate of drug-likeness (QED) is 0.394. The highest BCUT2D eigenvalue weighted by atomic mass is 79.9. The first kappa shape index (κ1) is 20.4. The fraction of sp³-hybridized carbons (Fsp3) is 0.0833. The fourth-order valence-corrected chi connectivity index (χ4v) is 4.43. The highest BCUT2D eigenvalue weighted by molar-refractivity contribution is 9.10. The summed E-state index contributed by atoms with van der Waals surface area (Å²) in [4.78, 5) is 29.0. The van der Waals surface area contributed by atoms with Crippen LogP contribution in [0.5, 0.6) is 0 Å². The zero-order chi connectivity index (χ0) is 21.1. The lowest BCUT2D eigenvalue weighted by atomic mass is 10.1. The van der Waals surface area contributed by atoms with E-state index in [4.69, 9.17) is 0 Å². The molecule has 30 heavy (non-hydrogen) atoms. The third-order valence-corrected chi connectivity index (χ3v) is 6.56. The van der Waals surface area contributed by atoms with E-state index in [1.54, 1.807) is 6.08 Å². The van der Waals surface area contributed by atoms with Gasteiger partial charge in [-0.2, -0.15) is 0 Å². The van der Waals surface area contributed by atoms with Gasteiger partial charge in [0.25, 0.3) is 11.1 Å². The average molecular weight is 479 g/mol. The highest BCUT2D eigenvalue weighted by Gasteiger charge is 2.35. The van der Waals surface area contributed by atoms with Gasteiger partial charge in [0.05, 0.1) is 11.4 Å². The predicted molar refractivity (Wildman–Crippen MR) is 127 cm³/mol. The molecule has 1 heterocycles. The topological polar surface area (TPSA) is 40.6 Å². The molecule has 0 atom stereocenters. The Hall–Kier alpha value is -2.83. The largest absolute Gasteiger partial charge is 0.345 e. The van der Waals surface area contributed by atoms with Gasteiger partial charge in [-0.3, -0.25) is 14.5 Å². The van der Waals surface area contributed by atoms with Crippen molar-refractivity contribution in [2.24, 2.45) is 0 Å². The van der Waals surface area contributed by atoms with Crippen LogP contribution in [0.4, 0.5) is 16.2 Å². The van der Waals surface area contributed by atoms with Crippen LogP contribution in [0.3, 0.4) is 0 Å². The van der Waals surface area contributed by atoms with Crippen LogP contribution >= 0.6 is 27.7 Å². The van der Waals surface area contributed by atoms with Crippen molar-refractivity contribution < 1.29 is 9.59 Å². The van der Waals surface area contributed by atoms with Crippen LogP contribution in [0.1, 0.15) is 11.1 Å². The zero-order valence-corrected chi connectivity index (χ0v) is 18.7. The maximum absolute atomic E-state index is 12.8. The second-order valence-electron chi connectivity index (χ2n) is 6.85. The van der Waals surface area contributed by atoms with Crippen LogP contribution in [0.2, 0.25) is 0 Å². The van der Waals surface area contributed by atoms with Gasteiger partial charge < -0.3 is 4.90 Å². The average Bonchev–Trinajstić information content (AvgIpc) is 3.03. The van der Waals surface area contributed by atoms with E-state index in [0.29, 0.717) is 4.91 Å². The molecule has 150 valence electrons. The van der Waals surface area contributed by atoms with E-state index in [-0.39, 0.29) is 17.7 Å². The molecular formula is C24H19BrN2O2S. The number of hydrogen-bond acceptors (Lipinski definition) is 4. The van der Waals surface area contributed by atoms with Crippen molar-refractivity contribution in [3.8, 4) is 0 Å². The molecule has 0 radical (unpaired) electrons. The Balaban J connectivity index is 1.50. The molecule has 0 unspecified atom stereocenters. The van der Waals surface area contributed by atoms with Gasteiger partial charge in [0.1, 0.15) is 0 Å². The number of nitrogens with zero attached hydrogens (tertiary/aromatic N) is 2. The number of amides is 2. The molecule has 0 spiro atoms. The number of carbonyl (C=O) groups is 2. The Morgan fingerprint density at radius 3 is 2.23 bits per heavy atom. The molecule has 0 saturated carbocycles. The van der Waals surface area contributed by atoms with Gasteiger partial charge >= 0.3 is 0 Å². The van der Waals surface area contributed by atoms with Gasteiger partial charge in [0, 0.05) is 22.9 Å². The third kappa shape index (κ3) is 4.35. The van der Waals surface area contributed by atoms with Gasteiger partial charge in [-0.05, 0) is 59.3 Å². The molecule has 0 N–H and O–H groups in total. The normalized spacial score (nSPS) is 15.1. The summed E-state index contributed by atoms with van der Waals surface area (Å²) >= 11 is 4.45. The van der Waals surface area contributed by atoms with Gasteiger partial charge in [0.2, 0.25) is 0 Å². The van der Waals surface area contributed by atoms with Crippen LogP contribution in [-0.4, -0.2) is 23.1 Å². The maximum atomic E-state index is 12.8. The van der Waals surface area contributed by atoms with Gasteiger partial charge in [-0.25, -0.2) is 0 Å². The second kappa shape index (κ2) is 8.90. The number of benzene rings is 3. The lowest BCUT2D eigenvalue weighted by Gasteiger charge is -2.19. The van der Waals surface area contributed by atoms with Crippen LogP contribution in [0.25, 0.3) is 6.08 Å². The number of anilines is 2. The molecule has 4 rings (SSSR count). The van der Waals surface area contributed by atoms with E-state index < -0.39 is 0 Å². The van der Waals surface area contributed by atoms with Crippen molar-refractivity contribution >= 4 is 56.3 Å². The van der Waals surface area contributed by atoms with Crippen molar-refractivity contribution in [3.05, 3.63) is 99.4 Å². The highest BCUT2D eigenvalue weighted by Crippen LogP contribution is 2.34. The van der Waals surface area contributed by atoms with Crippen molar-refractivity contribution in [3.63, 3.8) is 0 Å². The van der Waals surface area contributed by atoms with E-state index in [0.717, 1.165) is 38.7 Å². The molecule has 6 heteroatoms. The first-order chi connectivity index (χ1) is 14.5. The van der Waals surface area contributed by atoms with E-state index in [9.17, 15) is 9.59 Å². The summed E-state index contributed by atoms with van der Waals surface area (Å²) in [6, 6.07) is 25.6. The predicted octanol–water partition coefficient (Wildman–Crippen LogP) is 6.45. The smallest absolute Gasteiger partial charge is 0.293 e. The summed E-state index contributed by atoms with van der Waals surface area (Å²) in [6.07, 6.45) is 1.78. The standard InChI is InChI=1S/C24H19BrN2O2S/c1-26(19-8-3-2-4-9-19)20-13-11-17(12-14-20)15-22-23(28)27(24(29)30-22)16-18-7-5-6-10-21(18)25/h2-15H,16H2,1H3/b22-15-. The molecule has 1 fully saturated rings. The lowest BCUT2D eigenvalue weighted by Crippen LogP contribution is -2.27. The molecule has 1 aliphatic heterocycles. The van der Waals surface area contributed by atoms with Crippen molar-refractivity contribution in [1.29, 1.82) is 0 Å². The van der Waals surface area contributed by atoms with Gasteiger partial charge in [-0.1, -0.05) is 64.5 Å². The van der Waals surface area contributed by atoms with E-state index in [2.05, 4.69) is 33.0 Å². The number of rotatable bonds is 5. The van der Waals surface area contributed by atoms with E-state index >= 15 is 0 Å². The van der Waals surface area contributed by atoms with Crippen LogP contribution in [-0.2, 0) is 11.3 Å². The number of halogens is 1. The Morgan fingerprint density at radius 2 is 1.53 bits per heavy atom. The number of para-hydroxylation sites is 1. The molecule has 0 bridgehead atoms. The molecule has 0 aromatic heterocycles. The molecule has 1 saturated heterocycles. The Bertz CT molecular complexity index is 1110. The summed E-state index contributed by atoms with van der Waals surface area (Å²) in [6.45, 7) is 0.254. The fourth-order valence-electron chi connectivity index (χ4n) is 3.18. The van der Waals surface area contributed by atoms with Crippen LogP contribution < -0.4 is 4.90 Å². The molecule has 3 aromatic rings. The molecular weight excluding hydrogens is 460 g/mol. The summed E-state index contributed by atoms with van der Waals surface area (Å²) in [5, 5.41) is -0.248. The number of hydrogen-bond donors (Lipinski definition) is 0. The lowest BCUT2D eigenvalue weighted by molar-refractivity contribution is -0.123. The molecule has 1 aliphatic rings. The van der Waals surface area contributed by atoms with E-state index in [1.807, 2.05) is 73.8 Å². The summed E-state index contributed by atoms with van der Waals surface area (Å²) < 4.78 is 0.881. The zero-order valence-electron chi connectivity index (χ0n) is 16.3. The van der Waals surface area contributed by atoms with Gasteiger partial charge in [0.15, 0.2) is 0 Å². The second-order valence-corrected chi connectivity index (χ2v) is 8.69. The molecule has 4 nitrogen and oxygen atoms in total. The van der Waals surface area contributed by atoms with E-state index in [1.165, 1.54) is 4.90 Å². The monoisotopic (exact) mass is 478 g/mol. The first-order valence-corrected chi connectivity index (χ1v) is 11.0. The number of imide groups is 1. The maximum Gasteiger partial charge on any atom is 0.293 e. The SMILES string of the molecule is CN(c1ccccc1)c1ccc(/C=C2\SC(=O)N(Cc3ccccc3Br)C2=O)cc1. The third-order valence-electron chi connectivity index (χ3n) is 4.88.